The summed E-state index contributed by atoms with van der Waals surface area (Å²) >= 11 is 0. The molecule has 1 N–H and O–H groups in total. The molecule has 0 aliphatic rings. The second-order valence-corrected chi connectivity index (χ2v) is 5.37. The Kier molecular flexibility index (Phi) is 3.29. The molecule has 4 nitrogen and oxygen atoms in total. The van der Waals surface area contributed by atoms with Crippen LogP contribution < -0.4 is 4.72 Å². The topological polar surface area (TPSA) is 59.1 Å². The fourth-order valence-corrected chi connectivity index (χ4v) is 2.61. The summed E-state index contributed by atoms with van der Waals surface area (Å²) in [5, 5.41) is 0. The average molecular weight is 266 g/mol. The Bertz CT molecular complexity index is 671. The lowest BCUT2D eigenvalue weighted by molar-refractivity contribution is 0.570. The molecule has 0 saturated heterocycles. The summed E-state index contributed by atoms with van der Waals surface area (Å²) in [7, 11) is -3.91. The number of rotatable bonds is 3. The number of aromatic nitrogens is 1. The van der Waals surface area contributed by atoms with Crippen LogP contribution in [0.5, 0.6) is 0 Å². The largest absolute Gasteiger partial charge is 0.279 e. The lowest BCUT2D eigenvalue weighted by Crippen LogP contribution is -2.14. The van der Waals surface area contributed by atoms with E-state index in [-0.39, 0.29) is 4.90 Å². The van der Waals surface area contributed by atoms with Crippen LogP contribution in [0, 0.1) is 12.7 Å². The van der Waals surface area contributed by atoms with Crippen LogP contribution in [0.4, 0.5) is 10.1 Å². The number of aryl methyl sites for hydroxylation is 1. The molecule has 6 heteroatoms. The minimum atomic E-state index is -3.91. The van der Waals surface area contributed by atoms with Gasteiger partial charge in [-0.3, -0.25) is 9.71 Å². The smallest absolute Gasteiger partial charge is 0.264 e. The van der Waals surface area contributed by atoms with Gasteiger partial charge in [0.05, 0.1) is 5.69 Å². The van der Waals surface area contributed by atoms with Crippen LogP contribution in [0.2, 0.25) is 0 Å². The molecule has 2 aromatic rings. The van der Waals surface area contributed by atoms with Crippen LogP contribution in [-0.2, 0) is 10.0 Å². The molecule has 0 saturated carbocycles. The molecule has 0 bridgehead atoms. The third kappa shape index (κ3) is 2.65. The van der Waals surface area contributed by atoms with Gasteiger partial charge in [0.1, 0.15) is 10.7 Å². The van der Waals surface area contributed by atoms with Gasteiger partial charge in [0.2, 0.25) is 0 Å². The normalized spacial score (nSPS) is 11.2. The molecule has 1 heterocycles. The monoisotopic (exact) mass is 266 g/mol. The molecule has 0 fully saturated rings. The molecule has 0 aliphatic heterocycles. The summed E-state index contributed by atoms with van der Waals surface area (Å²) in [6, 6.07) is 8.29. The van der Waals surface area contributed by atoms with E-state index in [9.17, 15) is 12.8 Å². The highest BCUT2D eigenvalue weighted by molar-refractivity contribution is 7.92. The summed E-state index contributed by atoms with van der Waals surface area (Å²) in [5.74, 6) is -0.782. The third-order valence-electron chi connectivity index (χ3n) is 2.28. The second kappa shape index (κ2) is 4.73. The molecular formula is C12H11FN2O2S. The van der Waals surface area contributed by atoms with Gasteiger partial charge in [-0.15, -0.1) is 0 Å². The van der Waals surface area contributed by atoms with Crippen molar-refractivity contribution < 1.29 is 12.8 Å². The van der Waals surface area contributed by atoms with Gasteiger partial charge in [0.15, 0.2) is 0 Å². The van der Waals surface area contributed by atoms with Crippen molar-refractivity contribution in [3.8, 4) is 0 Å². The summed E-state index contributed by atoms with van der Waals surface area (Å²) in [6.45, 7) is 1.74. The molecule has 0 atom stereocenters. The van der Waals surface area contributed by atoms with Gasteiger partial charge in [-0.1, -0.05) is 12.1 Å². The minimum Gasteiger partial charge on any atom is -0.279 e. The molecule has 0 spiro atoms. The molecular weight excluding hydrogens is 255 g/mol. The van der Waals surface area contributed by atoms with Crippen molar-refractivity contribution in [2.75, 3.05) is 4.72 Å². The first-order valence-electron chi connectivity index (χ1n) is 5.19. The number of halogens is 1. The first kappa shape index (κ1) is 12.5. The third-order valence-corrected chi connectivity index (χ3v) is 3.69. The Morgan fingerprint density at radius 3 is 2.61 bits per heavy atom. The maximum Gasteiger partial charge on any atom is 0.264 e. The summed E-state index contributed by atoms with van der Waals surface area (Å²) in [5.41, 5.74) is 1.02. The Morgan fingerprint density at radius 1 is 1.22 bits per heavy atom. The van der Waals surface area contributed by atoms with Crippen LogP contribution in [-0.4, -0.2) is 13.4 Å². The molecule has 94 valence electrons. The lowest BCUT2D eigenvalue weighted by atomic mass is 10.3. The maximum absolute atomic E-state index is 13.4. The molecule has 0 amide bonds. The average Bonchev–Trinajstić information content (AvgIpc) is 2.28. The van der Waals surface area contributed by atoms with E-state index in [1.807, 2.05) is 0 Å². The maximum atomic E-state index is 13.4. The SMILES string of the molecule is Cc1cc(NS(=O)(=O)c2ccccc2F)ccn1. The number of hydrogen-bond acceptors (Lipinski definition) is 3. The van der Waals surface area contributed by atoms with Crippen molar-refractivity contribution in [1.82, 2.24) is 4.98 Å². The van der Waals surface area contributed by atoms with Gasteiger partial charge in [0.25, 0.3) is 10.0 Å². The van der Waals surface area contributed by atoms with Gasteiger partial charge < -0.3 is 0 Å². The fraction of sp³-hybridized carbons (Fsp3) is 0.0833. The number of benzene rings is 1. The Hall–Kier alpha value is -1.95. The quantitative estimate of drug-likeness (QED) is 0.927. The van der Waals surface area contributed by atoms with Crippen LogP contribution in [0.15, 0.2) is 47.5 Å². The van der Waals surface area contributed by atoms with E-state index in [2.05, 4.69) is 9.71 Å². The van der Waals surface area contributed by atoms with Crippen LogP contribution >= 0.6 is 0 Å². The molecule has 18 heavy (non-hydrogen) atoms. The minimum absolute atomic E-state index is 0.353. The van der Waals surface area contributed by atoms with E-state index in [4.69, 9.17) is 0 Å². The van der Waals surface area contributed by atoms with Crippen molar-refractivity contribution in [3.63, 3.8) is 0 Å². The Balaban J connectivity index is 2.37. The van der Waals surface area contributed by atoms with E-state index in [1.54, 1.807) is 13.0 Å². The molecule has 0 aliphatic carbocycles. The van der Waals surface area contributed by atoms with Crippen molar-refractivity contribution in [2.45, 2.75) is 11.8 Å². The molecule has 1 aromatic carbocycles. The predicted octanol–water partition coefficient (Wildman–Crippen LogP) is 2.33. The van der Waals surface area contributed by atoms with Gasteiger partial charge in [0, 0.05) is 11.9 Å². The van der Waals surface area contributed by atoms with Gasteiger partial charge >= 0.3 is 0 Å². The van der Waals surface area contributed by atoms with E-state index in [0.717, 1.165) is 6.07 Å². The number of pyridine rings is 1. The van der Waals surface area contributed by atoms with Crippen molar-refractivity contribution in [1.29, 1.82) is 0 Å². The lowest BCUT2D eigenvalue weighted by Gasteiger charge is -2.08. The van der Waals surface area contributed by atoms with Crippen molar-refractivity contribution in [2.24, 2.45) is 0 Å². The number of sulfonamides is 1. The zero-order chi connectivity index (χ0) is 13.2. The number of hydrogen-bond donors (Lipinski definition) is 1. The van der Waals surface area contributed by atoms with E-state index in [0.29, 0.717) is 11.4 Å². The number of anilines is 1. The first-order chi connectivity index (χ1) is 8.49. The summed E-state index contributed by atoms with van der Waals surface area (Å²) < 4.78 is 39.7. The van der Waals surface area contributed by atoms with E-state index < -0.39 is 15.8 Å². The fourth-order valence-electron chi connectivity index (χ4n) is 1.48. The van der Waals surface area contributed by atoms with Crippen LogP contribution in [0.1, 0.15) is 5.69 Å². The zero-order valence-corrected chi connectivity index (χ0v) is 10.4. The molecule has 0 unspecified atom stereocenters. The predicted molar refractivity (Wildman–Crippen MR) is 66.2 cm³/mol. The molecule has 1 aromatic heterocycles. The first-order valence-corrected chi connectivity index (χ1v) is 6.67. The van der Waals surface area contributed by atoms with Crippen LogP contribution in [0.3, 0.4) is 0 Å². The van der Waals surface area contributed by atoms with E-state index in [1.165, 1.54) is 30.5 Å². The Labute approximate surface area is 105 Å². The van der Waals surface area contributed by atoms with Crippen LogP contribution in [0.25, 0.3) is 0 Å². The standard InChI is InChI=1S/C12H11FN2O2S/c1-9-8-10(6-7-14-9)15-18(16,17)12-5-3-2-4-11(12)13/h2-8H,1H3,(H,14,15). The number of nitrogens with one attached hydrogen (secondary N) is 1. The van der Waals surface area contributed by atoms with E-state index >= 15 is 0 Å². The number of nitrogens with zero attached hydrogens (tertiary/aromatic N) is 1. The highest BCUT2D eigenvalue weighted by Crippen LogP contribution is 2.18. The Morgan fingerprint density at radius 2 is 1.94 bits per heavy atom. The van der Waals surface area contributed by atoms with Crippen molar-refractivity contribution >= 4 is 15.7 Å². The van der Waals surface area contributed by atoms with Gasteiger partial charge in [-0.25, -0.2) is 12.8 Å². The highest BCUT2D eigenvalue weighted by atomic mass is 32.2. The summed E-state index contributed by atoms with van der Waals surface area (Å²) in [6.07, 6.45) is 1.48. The molecule has 0 radical (unpaired) electrons. The second-order valence-electron chi connectivity index (χ2n) is 3.72. The summed E-state index contributed by atoms with van der Waals surface area (Å²) in [4.78, 5) is 3.58. The van der Waals surface area contributed by atoms with Gasteiger partial charge in [-0.2, -0.15) is 0 Å². The van der Waals surface area contributed by atoms with Gasteiger partial charge in [-0.05, 0) is 31.2 Å². The highest BCUT2D eigenvalue weighted by Gasteiger charge is 2.18. The zero-order valence-electron chi connectivity index (χ0n) is 9.59. The van der Waals surface area contributed by atoms with Crippen molar-refractivity contribution in [3.05, 3.63) is 54.1 Å². The molecule has 2 rings (SSSR count).